The average Bonchev–Trinajstić information content (AvgIpc) is 2.70. The number of amides is 1. The second-order valence-electron chi connectivity index (χ2n) is 5.65. The molecule has 29 heavy (non-hydrogen) atoms. The lowest BCUT2D eigenvalue weighted by Gasteiger charge is -2.12. The molecular weight excluding hydrogens is 396 g/mol. The minimum absolute atomic E-state index is 0.136. The third kappa shape index (κ3) is 6.55. The molecule has 7 nitrogen and oxygen atoms in total. The van der Waals surface area contributed by atoms with Gasteiger partial charge in [0.05, 0.1) is 13.7 Å². The molecule has 2 aromatic carbocycles. The molecule has 0 fully saturated rings. The number of ether oxygens (including phenoxy) is 3. The summed E-state index contributed by atoms with van der Waals surface area (Å²) >= 11 is 5.89. The number of esters is 1. The van der Waals surface area contributed by atoms with Crippen LogP contribution in [-0.4, -0.2) is 32.2 Å². The lowest BCUT2D eigenvalue weighted by atomic mass is 10.1. The number of halogens is 1. The van der Waals surface area contributed by atoms with E-state index in [9.17, 15) is 9.59 Å². The molecule has 0 radical (unpaired) electrons. The maximum atomic E-state index is 12.1. The van der Waals surface area contributed by atoms with Gasteiger partial charge in [-0.3, -0.25) is 4.79 Å². The molecular formula is C21H19ClN2O5. The van der Waals surface area contributed by atoms with E-state index >= 15 is 0 Å². The first-order chi connectivity index (χ1) is 14.0. The summed E-state index contributed by atoms with van der Waals surface area (Å²) in [6, 6.07) is 13.4. The topological polar surface area (TPSA) is 97.7 Å². The van der Waals surface area contributed by atoms with Crippen molar-refractivity contribution in [2.45, 2.75) is 6.92 Å². The number of nitrogens with zero attached hydrogens (tertiary/aromatic N) is 1. The number of benzene rings is 2. The molecule has 0 aliphatic heterocycles. The molecule has 0 saturated heterocycles. The Morgan fingerprint density at radius 2 is 2.00 bits per heavy atom. The van der Waals surface area contributed by atoms with Crippen LogP contribution in [0.15, 0.2) is 48.0 Å². The highest BCUT2D eigenvalue weighted by Gasteiger charge is 2.12. The number of hydrogen-bond acceptors (Lipinski definition) is 6. The Labute approximate surface area is 173 Å². The highest BCUT2D eigenvalue weighted by atomic mass is 35.5. The standard InChI is InChI=1S/C21H19ClN2O5/c1-3-28-21(26)15(12-23)9-14-7-8-18(19(10-14)27-2)29-13-20(25)24-17-6-4-5-16(22)11-17/h4-11H,3,13H2,1-2H3,(H,24,25). The second-order valence-corrected chi connectivity index (χ2v) is 6.08. The van der Waals surface area contributed by atoms with Crippen LogP contribution >= 0.6 is 11.6 Å². The highest BCUT2D eigenvalue weighted by molar-refractivity contribution is 6.30. The fourth-order valence-corrected chi connectivity index (χ4v) is 2.50. The minimum Gasteiger partial charge on any atom is -0.493 e. The van der Waals surface area contributed by atoms with E-state index in [0.717, 1.165) is 0 Å². The number of anilines is 1. The van der Waals surface area contributed by atoms with Crippen LogP contribution in [0.1, 0.15) is 12.5 Å². The number of nitriles is 1. The van der Waals surface area contributed by atoms with Gasteiger partial charge in [0.25, 0.3) is 5.91 Å². The van der Waals surface area contributed by atoms with Crippen molar-refractivity contribution in [3.8, 4) is 17.6 Å². The normalized spacial score (nSPS) is 10.6. The molecule has 0 spiro atoms. The van der Waals surface area contributed by atoms with Crippen molar-refractivity contribution in [2.75, 3.05) is 25.6 Å². The second kappa shape index (κ2) is 10.7. The predicted molar refractivity (Wildman–Crippen MR) is 109 cm³/mol. The van der Waals surface area contributed by atoms with E-state index in [2.05, 4.69) is 5.32 Å². The first kappa shape index (κ1) is 21.8. The van der Waals surface area contributed by atoms with Crippen molar-refractivity contribution < 1.29 is 23.8 Å². The summed E-state index contributed by atoms with van der Waals surface area (Å²) in [5.41, 5.74) is 0.965. The number of rotatable bonds is 8. The average molecular weight is 415 g/mol. The van der Waals surface area contributed by atoms with Gasteiger partial charge < -0.3 is 19.5 Å². The van der Waals surface area contributed by atoms with Gasteiger partial charge in [0.15, 0.2) is 18.1 Å². The molecule has 0 unspecified atom stereocenters. The largest absolute Gasteiger partial charge is 0.493 e. The van der Waals surface area contributed by atoms with Crippen LogP contribution in [0.2, 0.25) is 5.02 Å². The first-order valence-corrected chi connectivity index (χ1v) is 8.99. The van der Waals surface area contributed by atoms with Crippen LogP contribution < -0.4 is 14.8 Å². The van der Waals surface area contributed by atoms with Crippen molar-refractivity contribution in [1.29, 1.82) is 5.26 Å². The molecule has 2 rings (SSSR count). The Bertz CT molecular complexity index is 966. The maximum absolute atomic E-state index is 12.1. The summed E-state index contributed by atoms with van der Waals surface area (Å²) in [6.45, 7) is 1.58. The Morgan fingerprint density at radius 1 is 1.21 bits per heavy atom. The molecule has 0 bridgehead atoms. The van der Waals surface area contributed by atoms with Crippen LogP contribution in [0.3, 0.4) is 0 Å². The van der Waals surface area contributed by atoms with E-state index in [1.54, 1.807) is 55.5 Å². The van der Waals surface area contributed by atoms with Crippen LogP contribution in [-0.2, 0) is 14.3 Å². The molecule has 1 N–H and O–H groups in total. The molecule has 8 heteroatoms. The monoisotopic (exact) mass is 414 g/mol. The van der Waals surface area contributed by atoms with Gasteiger partial charge in [-0.15, -0.1) is 0 Å². The van der Waals surface area contributed by atoms with Gasteiger partial charge in [-0.1, -0.05) is 23.7 Å². The lowest BCUT2D eigenvalue weighted by Crippen LogP contribution is -2.20. The molecule has 0 aliphatic rings. The van der Waals surface area contributed by atoms with Gasteiger partial charge in [-0.05, 0) is 48.9 Å². The molecule has 1 amide bonds. The number of methoxy groups -OCH3 is 1. The molecule has 0 heterocycles. The van der Waals surface area contributed by atoms with Gasteiger partial charge in [0, 0.05) is 10.7 Å². The lowest BCUT2D eigenvalue weighted by molar-refractivity contribution is -0.137. The summed E-state index contributed by atoms with van der Waals surface area (Å²) < 4.78 is 15.6. The zero-order valence-electron chi connectivity index (χ0n) is 15.9. The van der Waals surface area contributed by atoms with Gasteiger partial charge in [0.1, 0.15) is 11.6 Å². The summed E-state index contributed by atoms with van der Waals surface area (Å²) in [4.78, 5) is 23.8. The Kier molecular flexibility index (Phi) is 8.07. The summed E-state index contributed by atoms with van der Waals surface area (Å²) in [7, 11) is 1.44. The molecule has 0 aliphatic carbocycles. The Balaban J connectivity index is 2.07. The first-order valence-electron chi connectivity index (χ1n) is 8.62. The number of hydrogen-bond donors (Lipinski definition) is 1. The SMILES string of the molecule is CCOC(=O)C(C#N)=Cc1ccc(OCC(=O)Nc2cccc(Cl)c2)c(OC)c1. The third-order valence-electron chi connectivity index (χ3n) is 3.58. The van der Waals surface area contributed by atoms with Gasteiger partial charge in [-0.25, -0.2) is 4.79 Å². The van der Waals surface area contributed by atoms with Crippen molar-refractivity contribution in [3.05, 3.63) is 58.6 Å². The Hall–Kier alpha value is -3.50. The van der Waals surface area contributed by atoms with Crippen LogP contribution in [0, 0.1) is 11.3 Å². The van der Waals surface area contributed by atoms with Crippen LogP contribution in [0.5, 0.6) is 11.5 Å². The van der Waals surface area contributed by atoms with E-state index in [-0.39, 0.29) is 24.7 Å². The summed E-state index contributed by atoms with van der Waals surface area (Å²) in [5, 5.41) is 12.3. The fourth-order valence-electron chi connectivity index (χ4n) is 2.31. The maximum Gasteiger partial charge on any atom is 0.348 e. The third-order valence-corrected chi connectivity index (χ3v) is 3.82. The minimum atomic E-state index is -0.702. The molecule has 0 saturated carbocycles. The smallest absolute Gasteiger partial charge is 0.348 e. The van der Waals surface area contributed by atoms with E-state index in [1.165, 1.54) is 13.2 Å². The van der Waals surface area contributed by atoms with E-state index in [1.807, 2.05) is 0 Å². The molecule has 0 atom stereocenters. The van der Waals surface area contributed by atoms with E-state index < -0.39 is 5.97 Å². The molecule has 0 aromatic heterocycles. The number of carbonyl (C=O) groups excluding carboxylic acids is 2. The van der Waals surface area contributed by atoms with E-state index in [0.29, 0.717) is 27.8 Å². The van der Waals surface area contributed by atoms with Gasteiger partial charge >= 0.3 is 5.97 Å². The summed E-state index contributed by atoms with van der Waals surface area (Å²) in [6.07, 6.45) is 1.39. The zero-order chi connectivity index (χ0) is 21.2. The Morgan fingerprint density at radius 3 is 2.66 bits per heavy atom. The van der Waals surface area contributed by atoms with Gasteiger partial charge in [-0.2, -0.15) is 5.26 Å². The van der Waals surface area contributed by atoms with Crippen LogP contribution in [0.25, 0.3) is 6.08 Å². The number of carbonyl (C=O) groups is 2. The fraction of sp³-hybridized carbons (Fsp3) is 0.190. The highest BCUT2D eigenvalue weighted by Crippen LogP contribution is 2.29. The van der Waals surface area contributed by atoms with E-state index in [4.69, 9.17) is 31.1 Å². The van der Waals surface area contributed by atoms with Crippen LogP contribution in [0.4, 0.5) is 5.69 Å². The van der Waals surface area contributed by atoms with Crippen molar-refractivity contribution >= 4 is 35.2 Å². The quantitative estimate of drug-likeness (QED) is 0.400. The number of nitrogens with one attached hydrogen (secondary N) is 1. The molecule has 150 valence electrons. The van der Waals surface area contributed by atoms with Crippen molar-refractivity contribution in [1.82, 2.24) is 0 Å². The van der Waals surface area contributed by atoms with Crippen molar-refractivity contribution in [2.24, 2.45) is 0 Å². The predicted octanol–water partition coefficient (Wildman–Crippen LogP) is 3.84. The zero-order valence-corrected chi connectivity index (χ0v) is 16.7. The van der Waals surface area contributed by atoms with Crippen molar-refractivity contribution in [3.63, 3.8) is 0 Å². The van der Waals surface area contributed by atoms with Gasteiger partial charge in [0.2, 0.25) is 0 Å². The molecule has 2 aromatic rings. The summed E-state index contributed by atoms with van der Waals surface area (Å²) in [5.74, 6) is -0.393.